The quantitative estimate of drug-likeness (QED) is 0.755. The maximum Gasteiger partial charge on any atom is 0.0468 e. The predicted octanol–water partition coefficient (Wildman–Crippen LogP) is 5.22. The molecule has 0 aromatic heterocycles. The lowest BCUT2D eigenvalue weighted by Gasteiger charge is -2.19. The van der Waals surface area contributed by atoms with Crippen molar-refractivity contribution in [2.45, 2.75) is 51.6 Å². The molecule has 1 aliphatic carbocycles. The van der Waals surface area contributed by atoms with Gasteiger partial charge in [-0.05, 0) is 42.9 Å². The zero-order chi connectivity index (χ0) is 13.1. The summed E-state index contributed by atoms with van der Waals surface area (Å²) in [6.45, 7) is 4.45. The Labute approximate surface area is 120 Å². The third kappa shape index (κ3) is 3.40. The van der Waals surface area contributed by atoms with E-state index in [1.807, 2.05) is 18.2 Å². The van der Waals surface area contributed by atoms with Crippen molar-refractivity contribution in [3.05, 3.63) is 33.8 Å². The summed E-state index contributed by atoms with van der Waals surface area (Å²) in [6.07, 6.45) is 4.98. The van der Waals surface area contributed by atoms with Gasteiger partial charge in [0.25, 0.3) is 0 Å². The average Bonchev–Trinajstić information content (AvgIpc) is 3.05. The molecule has 18 heavy (non-hydrogen) atoms. The Bertz CT molecular complexity index is 405. The fourth-order valence-electron chi connectivity index (χ4n) is 2.61. The molecule has 1 aliphatic rings. The third-order valence-corrected chi connectivity index (χ3v) is 4.31. The van der Waals surface area contributed by atoms with Gasteiger partial charge in [0.05, 0.1) is 0 Å². The Hall–Kier alpha value is -0.240. The van der Waals surface area contributed by atoms with Crippen molar-refractivity contribution in [3.63, 3.8) is 0 Å². The maximum absolute atomic E-state index is 6.28. The Morgan fingerprint density at radius 1 is 1.33 bits per heavy atom. The molecule has 0 saturated heterocycles. The first-order chi connectivity index (χ1) is 8.65. The first-order valence-corrected chi connectivity index (χ1v) is 7.62. The van der Waals surface area contributed by atoms with Crippen LogP contribution in [0.2, 0.25) is 10.0 Å². The molecule has 1 nitrogen and oxygen atoms in total. The monoisotopic (exact) mass is 285 g/mol. The number of hydrogen-bond donors (Lipinski definition) is 1. The van der Waals surface area contributed by atoms with Gasteiger partial charge in [0.1, 0.15) is 0 Å². The second kappa shape index (κ2) is 6.27. The molecule has 1 fully saturated rings. The van der Waals surface area contributed by atoms with Gasteiger partial charge >= 0.3 is 0 Å². The summed E-state index contributed by atoms with van der Waals surface area (Å²) in [5, 5.41) is 5.20. The fraction of sp³-hybridized carbons (Fsp3) is 0.600. The van der Waals surface area contributed by atoms with Crippen molar-refractivity contribution in [2.24, 2.45) is 5.92 Å². The molecule has 0 aliphatic heterocycles. The van der Waals surface area contributed by atoms with E-state index < -0.39 is 0 Å². The van der Waals surface area contributed by atoms with Crippen molar-refractivity contribution in [1.82, 2.24) is 5.32 Å². The largest absolute Gasteiger partial charge is 0.307 e. The minimum Gasteiger partial charge on any atom is -0.307 e. The molecule has 1 aromatic rings. The molecule has 1 N–H and O–H groups in total. The van der Waals surface area contributed by atoms with E-state index in [9.17, 15) is 0 Å². The van der Waals surface area contributed by atoms with Crippen LogP contribution in [-0.4, -0.2) is 6.04 Å². The molecule has 3 atom stereocenters. The zero-order valence-electron chi connectivity index (χ0n) is 11.0. The van der Waals surface area contributed by atoms with Crippen LogP contribution in [0.5, 0.6) is 0 Å². The molecule has 0 heterocycles. The van der Waals surface area contributed by atoms with Gasteiger partial charge < -0.3 is 5.32 Å². The number of hydrogen-bond acceptors (Lipinski definition) is 1. The Morgan fingerprint density at radius 2 is 2.11 bits per heavy atom. The third-order valence-electron chi connectivity index (χ3n) is 3.74. The van der Waals surface area contributed by atoms with Gasteiger partial charge in [-0.15, -0.1) is 0 Å². The van der Waals surface area contributed by atoms with Crippen LogP contribution < -0.4 is 5.32 Å². The van der Waals surface area contributed by atoms with Crippen LogP contribution in [0.25, 0.3) is 0 Å². The van der Waals surface area contributed by atoms with Gasteiger partial charge in [0.15, 0.2) is 0 Å². The van der Waals surface area contributed by atoms with Crippen LogP contribution >= 0.6 is 23.2 Å². The number of nitrogens with one attached hydrogen (secondary N) is 1. The van der Waals surface area contributed by atoms with Crippen LogP contribution in [0.1, 0.15) is 51.1 Å². The van der Waals surface area contributed by atoms with Gasteiger partial charge in [-0.1, -0.05) is 49.5 Å². The minimum absolute atomic E-state index is 0.349. The van der Waals surface area contributed by atoms with Gasteiger partial charge in [0.2, 0.25) is 0 Å². The Balaban J connectivity index is 2.00. The molecule has 100 valence electrons. The standard InChI is InChI=1S/C15H21Cl2N/c1-3-5-10-8-15(10)18-14(4-2)12-7-6-11(16)9-13(12)17/h6-7,9-10,14-15,18H,3-5,8H2,1-2H3. The van der Waals surface area contributed by atoms with Crippen molar-refractivity contribution < 1.29 is 0 Å². The van der Waals surface area contributed by atoms with Crippen LogP contribution in [-0.2, 0) is 0 Å². The van der Waals surface area contributed by atoms with Gasteiger partial charge in [-0.3, -0.25) is 0 Å². The van der Waals surface area contributed by atoms with E-state index in [1.165, 1.54) is 24.8 Å². The molecule has 0 radical (unpaired) electrons. The van der Waals surface area contributed by atoms with E-state index in [0.717, 1.165) is 17.4 Å². The van der Waals surface area contributed by atoms with E-state index in [0.29, 0.717) is 17.1 Å². The molecule has 0 bridgehead atoms. The van der Waals surface area contributed by atoms with Crippen LogP contribution in [0.4, 0.5) is 0 Å². The van der Waals surface area contributed by atoms with E-state index in [4.69, 9.17) is 23.2 Å². The summed E-state index contributed by atoms with van der Waals surface area (Å²) in [5.41, 5.74) is 1.17. The van der Waals surface area contributed by atoms with E-state index in [2.05, 4.69) is 19.2 Å². The van der Waals surface area contributed by atoms with E-state index in [1.54, 1.807) is 0 Å². The first kappa shape index (κ1) is 14.2. The van der Waals surface area contributed by atoms with Gasteiger partial charge in [-0.25, -0.2) is 0 Å². The number of benzene rings is 1. The van der Waals surface area contributed by atoms with Crippen molar-refractivity contribution >= 4 is 23.2 Å². The first-order valence-electron chi connectivity index (χ1n) is 6.86. The van der Waals surface area contributed by atoms with Crippen molar-refractivity contribution in [1.29, 1.82) is 0 Å². The lowest BCUT2D eigenvalue weighted by molar-refractivity contribution is 0.489. The highest BCUT2D eigenvalue weighted by Gasteiger charge is 2.37. The normalized spacial score (nSPS) is 24.0. The van der Waals surface area contributed by atoms with E-state index in [-0.39, 0.29) is 0 Å². The summed E-state index contributed by atoms with van der Waals surface area (Å²) < 4.78 is 0. The SMILES string of the molecule is CCCC1CC1NC(CC)c1ccc(Cl)cc1Cl. The molecule has 2 rings (SSSR count). The van der Waals surface area contributed by atoms with Crippen LogP contribution in [0, 0.1) is 5.92 Å². The average molecular weight is 286 g/mol. The summed E-state index contributed by atoms with van der Waals surface area (Å²) in [4.78, 5) is 0. The second-order valence-corrected chi connectivity index (χ2v) is 6.03. The van der Waals surface area contributed by atoms with Crippen molar-refractivity contribution in [3.8, 4) is 0 Å². The lowest BCUT2D eigenvalue weighted by atomic mass is 10.0. The Kier molecular flexibility index (Phi) is 4.94. The van der Waals surface area contributed by atoms with Crippen molar-refractivity contribution in [2.75, 3.05) is 0 Å². The predicted molar refractivity (Wildman–Crippen MR) is 79.4 cm³/mol. The smallest absolute Gasteiger partial charge is 0.0468 e. The van der Waals surface area contributed by atoms with Crippen LogP contribution in [0.15, 0.2) is 18.2 Å². The maximum atomic E-state index is 6.28. The highest BCUT2D eigenvalue weighted by molar-refractivity contribution is 6.35. The van der Waals surface area contributed by atoms with Crippen LogP contribution in [0.3, 0.4) is 0 Å². The summed E-state index contributed by atoms with van der Waals surface area (Å²) in [5.74, 6) is 0.870. The highest BCUT2D eigenvalue weighted by atomic mass is 35.5. The summed E-state index contributed by atoms with van der Waals surface area (Å²) >= 11 is 12.2. The highest BCUT2D eigenvalue weighted by Crippen LogP contribution is 2.38. The molecular formula is C15H21Cl2N. The van der Waals surface area contributed by atoms with E-state index >= 15 is 0 Å². The number of rotatable bonds is 6. The summed E-state index contributed by atoms with van der Waals surface area (Å²) in [6, 6.07) is 6.83. The van der Waals surface area contributed by atoms with Gasteiger partial charge in [0, 0.05) is 22.1 Å². The molecule has 3 heteroatoms. The fourth-order valence-corrected chi connectivity index (χ4v) is 3.15. The number of halogens is 2. The molecule has 1 aromatic carbocycles. The Morgan fingerprint density at radius 3 is 2.72 bits per heavy atom. The van der Waals surface area contributed by atoms with Gasteiger partial charge in [-0.2, -0.15) is 0 Å². The molecule has 1 saturated carbocycles. The molecule has 0 spiro atoms. The minimum atomic E-state index is 0.349. The molecular weight excluding hydrogens is 265 g/mol. The summed E-state index contributed by atoms with van der Waals surface area (Å²) in [7, 11) is 0. The second-order valence-electron chi connectivity index (χ2n) is 5.18. The molecule has 0 amide bonds. The molecule has 3 unspecified atom stereocenters. The zero-order valence-corrected chi connectivity index (χ0v) is 12.6. The lowest BCUT2D eigenvalue weighted by Crippen LogP contribution is -2.24. The topological polar surface area (TPSA) is 12.0 Å².